The maximum absolute atomic E-state index is 10.8. The fourth-order valence-electron chi connectivity index (χ4n) is 0.774. The van der Waals surface area contributed by atoms with Gasteiger partial charge in [0.1, 0.15) is 0 Å². The molecule has 0 amide bonds. The molecule has 3 nitrogen and oxygen atoms in total. The number of hydrogen-bond acceptors (Lipinski definition) is 3. The lowest BCUT2D eigenvalue weighted by Crippen LogP contribution is -1.98. The Kier molecular flexibility index (Phi) is 4.21. The smallest absolute Gasteiger partial charge is 0.359 e. The van der Waals surface area contributed by atoms with E-state index in [9.17, 15) is 4.21 Å². The minimum absolute atomic E-state index is 0.265. The highest BCUT2D eigenvalue weighted by atomic mass is 32.2. The van der Waals surface area contributed by atoms with Crippen LogP contribution in [-0.4, -0.2) is 4.21 Å². The molecule has 0 radical (unpaired) electrons. The predicted octanol–water partition coefficient (Wildman–Crippen LogP) is 1.94. The monoisotopic (exact) mass is 198 g/mol. The van der Waals surface area contributed by atoms with E-state index in [1.807, 2.05) is 30.3 Å². The van der Waals surface area contributed by atoms with Gasteiger partial charge in [-0.2, -0.15) is 4.21 Å². The van der Waals surface area contributed by atoms with Crippen LogP contribution in [-0.2, 0) is 26.3 Å². The molecule has 0 aromatic heterocycles. The Bertz CT molecular complexity index is 284. The van der Waals surface area contributed by atoms with E-state index in [0.717, 1.165) is 11.8 Å². The van der Waals surface area contributed by atoms with Gasteiger partial charge in [0.2, 0.25) is 0 Å². The van der Waals surface area contributed by atoms with Gasteiger partial charge in [-0.25, -0.2) is 0 Å². The van der Waals surface area contributed by atoms with Crippen molar-refractivity contribution in [1.82, 2.24) is 0 Å². The van der Waals surface area contributed by atoms with Gasteiger partial charge < -0.3 is 4.18 Å². The average Bonchev–Trinajstić information content (AvgIpc) is 2.17. The molecule has 4 heteroatoms. The molecular weight excluding hydrogens is 188 g/mol. The Hall–Kier alpha value is -1.13. The highest BCUT2D eigenvalue weighted by Crippen LogP contribution is 2.02. The van der Waals surface area contributed by atoms with Gasteiger partial charge in [0, 0.05) is 0 Å². The van der Waals surface area contributed by atoms with Crippen LogP contribution in [0.3, 0.4) is 0 Å². The molecule has 13 heavy (non-hydrogen) atoms. The Labute approximate surface area is 79.9 Å². The van der Waals surface area contributed by atoms with E-state index < -0.39 is 11.4 Å². The fraction of sp³-hybridized carbons (Fsp3) is 0.111. The van der Waals surface area contributed by atoms with Crippen molar-refractivity contribution in [3.05, 3.63) is 48.7 Å². The van der Waals surface area contributed by atoms with Crippen LogP contribution in [0.2, 0.25) is 0 Å². The Morgan fingerprint density at radius 2 is 2.08 bits per heavy atom. The van der Waals surface area contributed by atoms with Crippen molar-refractivity contribution in [2.45, 2.75) is 6.61 Å². The fourth-order valence-corrected chi connectivity index (χ4v) is 1.17. The summed E-state index contributed by atoms with van der Waals surface area (Å²) in [5.41, 5.74) is 0.948. The third-order valence-electron chi connectivity index (χ3n) is 1.31. The molecule has 1 atom stereocenters. The highest BCUT2D eigenvalue weighted by molar-refractivity contribution is 7.75. The van der Waals surface area contributed by atoms with Gasteiger partial charge in [-0.1, -0.05) is 36.9 Å². The van der Waals surface area contributed by atoms with Crippen molar-refractivity contribution in [3.8, 4) is 0 Å². The summed E-state index contributed by atoms with van der Waals surface area (Å²) < 4.78 is 20.1. The van der Waals surface area contributed by atoms with Gasteiger partial charge in [-0.15, -0.1) is 0 Å². The SMILES string of the molecule is C=COS(=O)OCc1ccccc1. The second kappa shape index (κ2) is 5.50. The summed E-state index contributed by atoms with van der Waals surface area (Å²) in [7, 11) is 0. The standard InChI is InChI=1S/C9H10O3S/c1-2-11-13(10)12-8-9-6-4-3-5-7-9/h2-7H,1,8H2. The summed E-state index contributed by atoms with van der Waals surface area (Å²) in [4.78, 5) is 0. The number of benzene rings is 1. The lowest BCUT2D eigenvalue weighted by Gasteiger charge is -2.00. The second-order valence-electron chi connectivity index (χ2n) is 2.21. The van der Waals surface area contributed by atoms with Gasteiger partial charge in [0.25, 0.3) is 0 Å². The predicted molar refractivity (Wildman–Crippen MR) is 50.7 cm³/mol. The maximum Gasteiger partial charge on any atom is 0.359 e. The Morgan fingerprint density at radius 3 is 2.69 bits per heavy atom. The molecule has 0 heterocycles. The zero-order valence-electron chi connectivity index (χ0n) is 7.01. The van der Waals surface area contributed by atoms with Crippen molar-refractivity contribution in [2.24, 2.45) is 0 Å². The molecule has 0 aliphatic carbocycles. The van der Waals surface area contributed by atoms with E-state index in [4.69, 9.17) is 4.18 Å². The maximum atomic E-state index is 10.8. The summed E-state index contributed by atoms with van der Waals surface area (Å²) in [5, 5.41) is 0. The zero-order chi connectivity index (χ0) is 9.52. The van der Waals surface area contributed by atoms with Crippen LogP contribution in [0.4, 0.5) is 0 Å². The molecule has 1 rings (SSSR count). The average molecular weight is 198 g/mol. The van der Waals surface area contributed by atoms with Crippen LogP contribution < -0.4 is 0 Å². The van der Waals surface area contributed by atoms with Gasteiger partial charge in [-0.3, -0.25) is 4.18 Å². The first kappa shape index (κ1) is 9.95. The summed E-state index contributed by atoms with van der Waals surface area (Å²) in [6.45, 7) is 3.53. The molecule has 0 saturated carbocycles. The Balaban J connectivity index is 2.35. The van der Waals surface area contributed by atoms with Crippen molar-refractivity contribution >= 4 is 11.4 Å². The molecule has 0 saturated heterocycles. The number of hydrogen-bond donors (Lipinski definition) is 0. The molecular formula is C9H10O3S. The molecule has 0 aliphatic heterocycles. The first-order valence-electron chi connectivity index (χ1n) is 3.70. The normalized spacial score (nSPS) is 12.0. The molecule has 1 aromatic rings. The first-order chi connectivity index (χ1) is 6.33. The van der Waals surface area contributed by atoms with Crippen LogP contribution in [0.15, 0.2) is 43.2 Å². The lowest BCUT2D eigenvalue weighted by atomic mass is 10.2. The van der Waals surface area contributed by atoms with E-state index in [-0.39, 0.29) is 6.61 Å². The highest BCUT2D eigenvalue weighted by Gasteiger charge is 1.98. The zero-order valence-corrected chi connectivity index (χ0v) is 7.83. The summed E-state index contributed by atoms with van der Waals surface area (Å²) in [6, 6.07) is 9.43. The van der Waals surface area contributed by atoms with Crippen molar-refractivity contribution in [2.75, 3.05) is 0 Å². The molecule has 0 fully saturated rings. The molecule has 0 bridgehead atoms. The van der Waals surface area contributed by atoms with Gasteiger partial charge >= 0.3 is 11.4 Å². The van der Waals surface area contributed by atoms with Crippen LogP contribution in [0, 0.1) is 0 Å². The Morgan fingerprint density at radius 1 is 1.38 bits per heavy atom. The largest absolute Gasteiger partial charge is 0.389 e. The second-order valence-corrected chi connectivity index (χ2v) is 3.05. The summed E-state index contributed by atoms with van der Waals surface area (Å²) >= 11 is -1.74. The number of rotatable bonds is 5. The van der Waals surface area contributed by atoms with Crippen molar-refractivity contribution in [3.63, 3.8) is 0 Å². The molecule has 0 spiro atoms. The first-order valence-corrected chi connectivity index (χ1v) is 4.70. The van der Waals surface area contributed by atoms with Gasteiger partial charge in [0.15, 0.2) is 0 Å². The van der Waals surface area contributed by atoms with Gasteiger partial charge in [0.05, 0.1) is 12.9 Å². The topological polar surface area (TPSA) is 35.5 Å². The molecule has 1 unspecified atom stereocenters. The minimum Gasteiger partial charge on any atom is -0.389 e. The van der Waals surface area contributed by atoms with Gasteiger partial charge in [-0.05, 0) is 5.56 Å². The van der Waals surface area contributed by atoms with Crippen molar-refractivity contribution in [1.29, 1.82) is 0 Å². The third-order valence-corrected chi connectivity index (χ3v) is 1.91. The minimum atomic E-state index is -1.74. The van der Waals surface area contributed by atoms with E-state index in [2.05, 4.69) is 10.8 Å². The van der Waals surface area contributed by atoms with E-state index in [1.165, 1.54) is 0 Å². The van der Waals surface area contributed by atoms with E-state index >= 15 is 0 Å². The van der Waals surface area contributed by atoms with Crippen LogP contribution >= 0.6 is 0 Å². The van der Waals surface area contributed by atoms with Crippen LogP contribution in [0.25, 0.3) is 0 Å². The third kappa shape index (κ3) is 3.87. The van der Waals surface area contributed by atoms with E-state index in [1.54, 1.807) is 0 Å². The van der Waals surface area contributed by atoms with E-state index in [0.29, 0.717) is 0 Å². The lowest BCUT2D eigenvalue weighted by molar-refractivity contribution is 0.288. The molecule has 0 N–H and O–H groups in total. The molecule has 0 aliphatic rings. The quantitative estimate of drug-likeness (QED) is 0.678. The van der Waals surface area contributed by atoms with Crippen molar-refractivity contribution < 1.29 is 12.6 Å². The molecule has 1 aromatic carbocycles. The summed E-state index contributed by atoms with van der Waals surface area (Å²) in [6.07, 6.45) is 1.08. The molecule has 70 valence electrons. The van der Waals surface area contributed by atoms with Crippen LogP contribution in [0.5, 0.6) is 0 Å². The summed E-state index contributed by atoms with van der Waals surface area (Å²) in [5.74, 6) is 0. The van der Waals surface area contributed by atoms with Crippen LogP contribution in [0.1, 0.15) is 5.56 Å².